The molecule has 8 aliphatic carbocycles. The van der Waals surface area contributed by atoms with Gasteiger partial charge >= 0.3 is 0 Å². The summed E-state index contributed by atoms with van der Waals surface area (Å²) in [5.41, 5.74) is 33.5. The second-order valence-electron chi connectivity index (χ2n) is 23.0. The van der Waals surface area contributed by atoms with Crippen LogP contribution in [0.2, 0.25) is 0 Å². The number of rotatable bonds is 6. The molecule has 8 aliphatic rings. The lowest BCUT2D eigenvalue weighted by Gasteiger charge is -2.37. The van der Waals surface area contributed by atoms with Gasteiger partial charge in [-0.15, -0.1) is 0 Å². The van der Waals surface area contributed by atoms with Crippen molar-refractivity contribution in [2.45, 2.75) is 68.6 Å². The summed E-state index contributed by atoms with van der Waals surface area (Å²) in [7, 11) is 0. The van der Waals surface area contributed by atoms with Crippen molar-refractivity contribution < 1.29 is 0 Å². The van der Waals surface area contributed by atoms with Crippen LogP contribution in [0.5, 0.6) is 0 Å². The van der Waals surface area contributed by atoms with E-state index in [2.05, 4.69) is 231 Å². The van der Waals surface area contributed by atoms with E-state index in [1.54, 1.807) is 16.7 Å². The van der Waals surface area contributed by atoms with Crippen molar-refractivity contribution in [2.24, 2.45) is 5.92 Å². The van der Waals surface area contributed by atoms with Crippen LogP contribution in [0.15, 0.2) is 217 Å². The third-order valence-electron chi connectivity index (χ3n) is 19.4. The Morgan fingerprint density at radius 2 is 1.16 bits per heavy atom. The zero-order valence-electron chi connectivity index (χ0n) is 42.9. The zero-order chi connectivity index (χ0) is 49.8. The smallest absolute Gasteiger partial charge is 0.0314 e. The van der Waals surface area contributed by atoms with Gasteiger partial charge in [0.1, 0.15) is 0 Å². The predicted octanol–water partition coefficient (Wildman–Crippen LogP) is 19.3. The lowest BCUT2D eigenvalue weighted by molar-refractivity contribution is 0.632. The summed E-state index contributed by atoms with van der Waals surface area (Å²) < 4.78 is 0. The van der Waals surface area contributed by atoms with Gasteiger partial charge in [0.15, 0.2) is 0 Å². The van der Waals surface area contributed by atoms with Crippen molar-refractivity contribution in [1.82, 2.24) is 0 Å². The molecule has 0 aromatic heterocycles. The number of benzene rings is 9. The summed E-state index contributed by atoms with van der Waals surface area (Å²) in [5.74, 6) is 1.03. The van der Waals surface area contributed by atoms with Crippen LogP contribution in [0.1, 0.15) is 139 Å². The Morgan fingerprint density at radius 1 is 0.447 bits per heavy atom. The average Bonchev–Trinajstić information content (AvgIpc) is 4.45. The van der Waals surface area contributed by atoms with Crippen LogP contribution in [0.25, 0.3) is 73.2 Å². The van der Waals surface area contributed by atoms with Crippen LogP contribution in [0.4, 0.5) is 0 Å². The molecule has 5 unspecified atom stereocenters. The normalized spacial score (nSPS) is 21.5. The predicted molar refractivity (Wildman–Crippen MR) is 318 cm³/mol. The van der Waals surface area contributed by atoms with Crippen LogP contribution in [0, 0.1) is 5.92 Å². The van der Waals surface area contributed by atoms with Crippen LogP contribution in [-0.2, 0) is 12.8 Å². The van der Waals surface area contributed by atoms with E-state index in [1.807, 2.05) is 0 Å². The first-order valence-corrected chi connectivity index (χ1v) is 28.1. The first-order valence-electron chi connectivity index (χ1n) is 28.1. The van der Waals surface area contributed by atoms with Crippen molar-refractivity contribution in [3.8, 4) is 33.4 Å². The second-order valence-corrected chi connectivity index (χ2v) is 23.0. The molecule has 0 aliphatic heterocycles. The van der Waals surface area contributed by atoms with Gasteiger partial charge in [-0.3, -0.25) is 0 Å². The molecule has 0 radical (unpaired) electrons. The summed E-state index contributed by atoms with van der Waals surface area (Å²) in [5, 5.41) is 5.67. The molecule has 0 bridgehead atoms. The van der Waals surface area contributed by atoms with Gasteiger partial charge in [0, 0.05) is 29.6 Å². The van der Waals surface area contributed by atoms with E-state index in [4.69, 9.17) is 0 Å². The lowest BCUT2D eigenvalue weighted by Crippen LogP contribution is -2.19. The summed E-state index contributed by atoms with van der Waals surface area (Å²) in [6.07, 6.45) is 35.0. The van der Waals surface area contributed by atoms with Gasteiger partial charge in [0.2, 0.25) is 0 Å². The molecular formula is C76H56. The summed E-state index contributed by atoms with van der Waals surface area (Å²) >= 11 is 0. The van der Waals surface area contributed by atoms with Crippen LogP contribution >= 0.6 is 0 Å². The van der Waals surface area contributed by atoms with E-state index in [0.29, 0.717) is 5.92 Å². The van der Waals surface area contributed by atoms with Crippen molar-refractivity contribution in [3.05, 3.63) is 301 Å². The number of hydrogen-bond acceptors (Lipinski definition) is 0. The highest BCUT2D eigenvalue weighted by Gasteiger charge is 2.45. The van der Waals surface area contributed by atoms with Crippen molar-refractivity contribution >= 4 is 39.8 Å². The molecule has 0 heteroatoms. The Kier molecular flexibility index (Phi) is 9.24. The molecule has 76 heavy (non-hydrogen) atoms. The maximum absolute atomic E-state index is 2.63. The Morgan fingerprint density at radius 3 is 2.05 bits per heavy atom. The van der Waals surface area contributed by atoms with E-state index >= 15 is 0 Å². The molecule has 0 nitrogen and oxygen atoms in total. The average molecular weight is 969 g/mol. The van der Waals surface area contributed by atoms with Crippen molar-refractivity contribution in [1.29, 1.82) is 0 Å². The highest BCUT2D eigenvalue weighted by Crippen LogP contribution is 2.64. The molecule has 17 rings (SSSR count). The fraction of sp³-hybridized carbons (Fsp3) is 0.158. The zero-order valence-corrected chi connectivity index (χ0v) is 42.9. The van der Waals surface area contributed by atoms with E-state index in [0.717, 1.165) is 25.7 Å². The Labute approximate surface area is 446 Å². The van der Waals surface area contributed by atoms with Crippen molar-refractivity contribution in [2.75, 3.05) is 0 Å². The first-order chi connectivity index (χ1) is 37.7. The molecule has 0 N–H and O–H groups in total. The largest absolute Gasteiger partial charge is 0.0839 e. The SMILES string of the molecule is CC1=Cc2ccccc2C1c1c(C2CCC3CC=CC=C32)c(C2C=Cc3ccc4ccccc4c32)c(-c2cccc3c2Cc2ccccc2-3)c2c3c(c(C4C=CC=C4)c(C4C=Cc5ccccc54)c12)-c1ccccc1C3. The molecule has 0 spiro atoms. The third kappa shape index (κ3) is 5.96. The Balaban J connectivity index is 1.16. The summed E-state index contributed by atoms with van der Waals surface area (Å²) in [6.45, 7) is 2.46. The molecule has 9 aromatic carbocycles. The molecule has 360 valence electrons. The van der Waals surface area contributed by atoms with Crippen molar-refractivity contribution in [3.63, 3.8) is 0 Å². The molecule has 1 saturated carbocycles. The van der Waals surface area contributed by atoms with E-state index in [1.165, 1.54) is 139 Å². The molecule has 0 amide bonds. The van der Waals surface area contributed by atoms with E-state index in [-0.39, 0.29) is 29.6 Å². The fourth-order valence-electron chi connectivity index (χ4n) is 16.4. The van der Waals surface area contributed by atoms with Gasteiger partial charge < -0.3 is 0 Å². The fourth-order valence-corrected chi connectivity index (χ4v) is 16.4. The third-order valence-corrected chi connectivity index (χ3v) is 19.4. The molecular weight excluding hydrogens is 913 g/mol. The van der Waals surface area contributed by atoms with Gasteiger partial charge in [-0.25, -0.2) is 0 Å². The number of fused-ring (bicyclic) bond motifs is 14. The van der Waals surface area contributed by atoms with Crippen LogP contribution < -0.4 is 0 Å². The molecule has 0 heterocycles. The maximum atomic E-state index is 2.63. The molecule has 5 atom stereocenters. The Hall–Kier alpha value is -8.32. The highest BCUT2D eigenvalue weighted by atomic mass is 14.5. The monoisotopic (exact) mass is 968 g/mol. The minimum Gasteiger partial charge on any atom is -0.0839 e. The molecule has 0 saturated heterocycles. The summed E-state index contributed by atoms with van der Waals surface area (Å²) in [6, 6.07) is 58.9. The van der Waals surface area contributed by atoms with Gasteiger partial charge in [0.05, 0.1) is 0 Å². The molecule has 9 aromatic rings. The van der Waals surface area contributed by atoms with Crippen LogP contribution in [0.3, 0.4) is 0 Å². The topological polar surface area (TPSA) is 0 Å². The number of allylic oxidation sites excluding steroid dienone is 11. The second kappa shape index (κ2) is 16.3. The Bertz CT molecular complexity index is 4290. The van der Waals surface area contributed by atoms with E-state index < -0.39 is 0 Å². The van der Waals surface area contributed by atoms with Gasteiger partial charge in [-0.2, -0.15) is 0 Å². The first kappa shape index (κ1) is 43.0. The highest BCUT2D eigenvalue weighted by molar-refractivity contribution is 6.13. The lowest BCUT2D eigenvalue weighted by atomic mass is 9.66. The molecule has 1 fully saturated rings. The van der Waals surface area contributed by atoms with Gasteiger partial charge in [-0.1, -0.05) is 236 Å². The number of hydrogen-bond donors (Lipinski definition) is 0. The van der Waals surface area contributed by atoms with Gasteiger partial charge in [-0.05, 0) is 183 Å². The minimum absolute atomic E-state index is 0.0176. The standard InChI is InChI=1S/C76H56/c1-44-41-50-22-8-14-29-57(50)66(44)75-72(62-39-36-46-18-5-11-26-54(46)62)73(63-40-37-49-34-33-47-19-6-13-28-56(47)67(49)63)71(60-32-16-31-59-55-27-12-7-23-51(55)42-64(59)60)74-65-43-52-24-9-15-30-58(52)69(65)68(48-20-2-3-21-48)70(76(74)75)61-38-35-45-17-4-10-25-53(45)61/h2-17,19-35,37-38,40-41,46,48,61-63,66H,18,36,39,42-43H2,1H3. The van der Waals surface area contributed by atoms with Crippen LogP contribution in [-0.4, -0.2) is 0 Å². The minimum atomic E-state index is 0.0176. The summed E-state index contributed by atoms with van der Waals surface area (Å²) in [4.78, 5) is 0. The quantitative estimate of drug-likeness (QED) is 0.156. The maximum Gasteiger partial charge on any atom is 0.0314 e. The van der Waals surface area contributed by atoms with E-state index in [9.17, 15) is 0 Å². The van der Waals surface area contributed by atoms with Gasteiger partial charge in [0.25, 0.3) is 0 Å².